The molecule has 0 atom stereocenters. The molecule has 0 bridgehead atoms. The molecule has 0 saturated heterocycles. The Hall–Kier alpha value is -3.63. The number of allylic oxidation sites excluding steroid dienone is 2. The molecule has 2 N–H and O–H groups in total. The van der Waals surface area contributed by atoms with E-state index in [0.29, 0.717) is 16.3 Å². The van der Waals surface area contributed by atoms with Crippen molar-refractivity contribution < 1.29 is 9.59 Å². The van der Waals surface area contributed by atoms with Gasteiger partial charge in [0.15, 0.2) is 0 Å². The Labute approximate surface area is 174 Å². The van der Waals surface area contributed by atoms with Gasteiger partial charge in [0.2, 0.25) is 0 Å². The van der Waals surface area contributed by atoms with Crippen LogP contribution in [0, 0.1) is 0 Å². The molecule has 0 saturated carbocycles. The molecule has 3 rings (SSSR count). The lowest BCUT2D eigenvalue weighted by atomic mass is 10.2. The maximum atomic E-state index is 12.8. The predicted octanol–water partition coefficient (Wildman–Crippen LogP) is 5.31. The number of halogens is 1. The third-order valence-electron chi connectivity index (χ3n) is 3.96. The normalized spacial score (nSPS) is 11.3. The van der Waals surface area contributed by atoms with Gasteiger partial charge in [-0.3, -0.25) is 9.59 Å². The molecule has 2 amide bonds. The van der Waals surface area contributed by atoms with Gasteiger partial charge in [-0.25, -0.2) is 0 Å². The number of hydrogen-bond donors (Lipinski definition) is 2. The first kappa shape index (κ1) is 20.1. The maximum absolute atomic E-state index is 12.8. The summed E-state index contributed by atoms with van der Waals surface area (Å²) in [5.41, 5.74) is 2.09. The smallest absolute Gasteiger partial charge is 0.272 e. The molecule has 4 nitrogen and oxygen atoms in total. The van der Waals surface area contributed by atoms with Gasteiger partial charge in [0.05, 0.1) is 0 Å². The van der Waals surface area contributed by atoms with E-state index in [2.05, 4.69) is 10.6 Å². The second-order valence-electron chi connectivity index (χ2n) is 6.13. The molecule has 5 heteroatoms. The number of hydrogen-bond acceptors (Lipinski definition) is 2. The van der Waals surface area contributed by atoms with Crippen molar-refractivity contribution in [3.05, 3.63) is 119 Å². The largest absolute Gasteiger partial charge is 0.321 e. The molecule has 3 aromatic rings. The highest BCUT2D eigenvalue weighted by atomic mass is 35.5. The monoisotopic (exact) mass is 402 g/mol. The van der Waals surface area contributed by atoms with Crippen molar-refractivity contribution in [2.75, 3.05) is 5.32 Å². The second kappa shape index (κ2) is 10.1. The Morgan fingerprint density at radius 2 is 1.52 bits per heavy atom. The molecule has 0 heterocycles. The molecule has 29 heavy (non-hydrogen) atoms. The van der Waals surface area contributed by atoms with Crippen LogP contribution < -0.4 is 10.6 Å². The van der Waals surface area contributed by atoms with Gasteiger partial charge in [0.25, 0.3) is 11.8 Å². The molecule has 144 valence electrons. The maximum Gasteiger partial charge on any atom is 0.272 e. The number of carbonyl (C=O) groups excluding carboxylic acids is 2. The molecule has 0 aromatic heterocycles. The van der Waals surface area contributed by atoms with Crippen LogP contribution in [0.2, 0.25) is 5.02 Å². The summed E-state index contributed by atoms with van der Waals surface area (Å²) in [4.78, 5) is 25.3. The quantitative estimate of drug-likeness (QED) is 0.434. The van der Waals surface area contributed by atoms with Crippen LogP contribution in [0.1, 0.15) is 15.9 Å². The van der Waals surface area contributed by atoms with Gasteiger partial charge in [-0.1, -0.05) is 78.4 Å². The number of amides is 2. The highest BCUT2D eigenvalue weighted by molar-refractivity contribution is 6.31. The summed E-state index contributed by atoms with van der Waals surface area (Å²) in [6.45, 7) is 0. The van der Waals surface area contributed by atoms with Crippen LogP contribution in [-0.4, -0.2) is 11.8 Å². The zero-order valence-corrected chi connectivity index (χ0v) is 16.3. The zero-order chi connectivity index (χ0) is 20.5. The fourth-order valence-electron chi connectivity index (χ4n) is 2.54. The van der Waals surface area contributed by atoms with Gasteiger partial charge in [0, 0.05) is 16.3 Å². The third kappa shape index (κ3) is 6.19. The van der Waals surface area contributed by atoms with Gasteiger partial charge in [0.1, 0.15) is 5.70 Å². The predicted molar refractivity (Wildman–Crippen MR) is 118 cm³/mol. The lowest BCUT2D eigenvalue weighted by Gasteiger charge is -2.11. The third-order valence-corrected chi connectivity index (χ3v) is 4.20. The summed E-state index contributed by atoms with van der Waals surface area (Å²) < 4.78 is 0. The van der Waals surface area contributed by atoms with Gasteiger partial charge in [-0.15, -0.1) is 0 Å². The van der Waals surface area contributed by atoms with Crippen LogP contribution in [-0.2, 0) is 4.79 Å². The minimum Gasteiger partial charge on any atom is -0.321 e. The Bertz CT molecular complexity index is 1040. The van der Waals surface area contributed by atoms with Crippen LogP contribution in [0.3, 0.4) is 0 Å². The first-order valence-corrected chi connectivity index (χ1v) is 9.36. The van der Waals surface area contributed by atoms with Crippen LogP contribution in [0.4, 0.5) is 5.69 Å². The van der Waals surface area contributed by atoms with Gasteiger partial charge in [-0.05, 0) is 42.0 Å². The molecule has 0 fully saturated rings. The van der Waals surface area contributed by atoms with Gasteiger partial charge in [-0.2, -0.15) is 0 Å². The number of rotatable bonds is 6. The molecule has 0 aliphatic heterocycles. The minimum absolute atomic E-state index is 0.117. The van der Waals surface area contributed by atoms with E-state index in [-0.39, 0.29) is 11.6 Å². The topological polar surface area (TPSA) is 58.2 Å². The Balaban J connectivity index is 1.81. The van der Waals surface area contributed by atoms with Crippen molar-refractivity contribution in [1.82, 2.24) is 5.32 Å². The molecule has 0 aliphatic rings. The minimum atomic E-state index is -0.450. The van der Waals surface area contributed by atoms with E-state index in [1.165, 1.54) is 0 Å². The van der Waals surface area contributed by atoms with Crippen molar-refractivity contribution >= 4 is 35.2 Å². The first-order valence-electron chi connectivity index (χ1n) is 8.98. The number of carbonyl (C=O) groups is 2. The van der Waals surface area contributed by atoms with Crippen LogP contribution in [0.15, 0.2) is 103 Å². The summed E-state index contributed by atoms with van der Waals surface area (Å²) >= 11 is 5.98. The lowest BCUT2D eigenvalue weighted by molar-refractivity contribution is -0.113. The van der Waals surface area contributed by atoms with Crippen molar-refractivity contribution in [2.45, 2.75) is 0 Å². The van der Waals surface area contributed by atoms with E-state index >= 15 is 0 Å². The number of anilines is 1. The number of benzene rings is 3. The average Bonchev–Trinajstić information content (AvgIpc) is 2.74. The Morgan fingerprint density at radius 1 is 0.828 bits per heavy atom. The summed E-state index contributed by atoms with van der Waals surface area (Å²) in [6.07, 6.45) is 5.13. The Kier molecular flexibility index (Phi) is 6.98. The van der Waals surface area contributed by atoms with Crippen molar-refractivity contribution in [3.8, 4) is 0 Å². The molecular weight excluding hydrogens is 384 g/mol. The summed E-state index contributed by atoms with van der Waals surface area (Å²) in [7, 11) is 0. The van der Waals surface area contributed by atoms with Crippen molar-refractivity contribution in [3.63, 3.8) is 0 Å². The SMILES string of the molecule is O=C(Nc1cccc(Cl)c1)/C(=C/C=C/c1ccccc1)NC(=O)c1ccccc1. The first-order chi connectivity index (χ1) is 14.1. The van der Waals surface area contributed by atoms with E-state index in [1.807, 2.05) is 42.5 Å². The fraction of sp³-hybridized carbons (Fsp3) is 0. The standard InChI is InChI=1S/C24H19ClN2O2/c25-20-14-8-15-21(17-20)26-24(29)22(16-7-11-18-9-3-1-4-10-18)27-23(28)19-12-5-2-6-13-19/h1-17H,(H,26,29)(H,27,28)/b11-7+,22-16-. The summed E-state index contributed by atoms with van der Waals surface area (Å²) in [5, 5.41) is 5.93. The van der Waals surface area contributed by atoms with Crippen LogP contribution >= 0.6 is 11.6 Å². The van der Waals surface area contributed by atoms with Crippen molar-refractivity contribution in [1.29, 1.82) is 0 Å². The molecule has 0 spiro atoms. The van der Waals surface area contributed by atoms with E-state index in [1.54, 1.807) is 60.7 Å². The molecule has 0 radical (unpaired) electrons. The summed E-state index contributed by atoms with van der Waals surface area (Å²) in [5.74, 6) is -0.819. The molecule has 0 aliphatic carbocycles. The average molecular weight is 403 g/mol. The lowest BCUT2D eigenvalue weighted by Crippen LogP contribution is -2.30. The van der Waals surface area contributed by atoms with E-state index in [9.17, 15) is 9.59 Å². The Morgan fingerprint density at radius 3 is 2.21 bits per heavy atom. The fourth-order valence-corrected chi connectivity index (χ4v) is 2.73. The highest BCUT2D eigenvalue weighted by Crippen LogP contribution is 2.15. The van der Waals surface area contributed by atoms with Gasteiger partial charge < -0.3 is 10.6 Å². The highest BCUT2D eigenvalue weighted by Gasteiger charge is 2.14. The van der Waals surface area contributed by atoms with Crippen LogP contribution in [0.5, 0.6) is 0 Å². The molecule has 3 aromatic carbocycles. The van der Waals surface area contributed by atoms with Gasteiger partial charge >= 0.3 is 0 Å². The zero-order valence-electron chi connectivity index (χ0n) is 15.5. The van der Waals surface area contributed by atoms with E-state index in [4.69, 9.17) is 11.6 Å². The second-order valence-corrected chi connectivity index (χ2v) is 6.57. The van der Waals surface area contributed by atoms with E-state index < -0.39 is 5.91 Å². The summed E-state index contributed by atoms with van der Waals surface area (Å²) in [6, 6.07) is 25.2. The molecular formula is C24H19ClN2O2. The van der Waals surface area contributed by atoms with Crippen molar-refractivity contribution in [2.24, 2.45) is 0 Å². The number of nitrogens with one attached hydrogen (secondary N) is 2. The molecule has 0 unspecified atom stereocenters. The van der Waals surface area contributed by atoms with E-state index in [0.717, 1.165) is 5.56 Å². The van der Waals surface area contributed by atoms with Crippen LogP contribution in [0.25, 0.3) is 6.08 Å².